The molecule has 0 radical (unpaired) electrons. The van der Waals surface area contributed by atoms with Crippen LogP contribution in [0.2, 0.25) is 0 Å². The van der Waals surface area contributed by atoms with Crippen LogP contribution < -0.4 is 10.0 Å². The Morgan fingerprint density at radius 1 is 1.24 bits per heavy atom. The van der Waals surface area contributed by atoms with E-state index in [1.54, 1.807) is 30.3 Å². The SMILES string of the molecule is CC(C)NCc1csc(S(=O)(=O)Nc2ccc(Br)cc2)c1. The Bertz CT molecular complexity index is 694. The Kier molecular flexibility index (Phi) is 5.43. The summed E-state index contributed by atoms with van der Waals surface area (Å²) in [6.45, 7) is 4.78. The second kappa shape index (κ2) is 6.91. The molecule has 1 heterocycles. The van der Waals surface area contributed by atoms with Gasteiger partial charge in [-0.1, -0.05) is 29.8 Å². The molecule has 0 aliphatic carbocycles. The second-order valence-electron chi connectivity index (χ2n) is 4.92. The summed E-state index contributed by atoms with van der Waals surface area (Å²) < 4.78 is 28.4. The van der Waals surface area contributed by atoms with Crippen molar-refractivity contribution in [2.24, 2.45) is 0 Å². The minimum absolute atomic E-state index is 0.325. The number of sulfonamides is 1. The van der Waals surface area contributed by atoms with Gasteiger partial charge in [0.25, 0.3) is 10.0 Å². The third-order valence-corrected chi connectivity index (χ3v) is 6.10. The summed E-state index contributed by atoms with van der Waals surface area (Å²) in [4.78, 5) is 0. The molecule has 0 amide bonds. The summed E-state index contributed by atoms with van der Waals surface area (Å²) in [7, 11) is -3.52. The molecule has 0 saturated carbocycles. The Morgan fingerprint density at radius 3 is 2.52 bits per heavy atom. The molecule has 0 atom stereocenters. The van der Waals surface area contributed by atoms with Gasteiger partial charge in [0, 0.05) is 22.7 Å². The Morgan fingerprint density at radius 2 is 1.90 bits per heavy atom. The Labute approximate surface area is 137 Å². The molecule has 1 aromatic heterocycles. The molecule has 21 heavy (non-hydrogen) atoms. The average Bonchev–Trinajstić information content (AvgIpc) is 2.88. The Balaban J connectivity index is 2.10. The van der Waals surface area contributed by atoms with E-state index in [1.165, 1.54) is 11.3 Å². The predicted octanol–water partition coefficient (Wildman–Crippen LogP) is 3.81. The van der Waals surface area contributed by atoms with E-state index in [0.29, 0.717) is 22.5 Å². The molecule has 0 saturated heterocycles. The molecular weight excluding hydrogens is 372 g/mol. The van der Waals surface area contributed by atoms with Crippen LogP contribution in [0.5, 0.6) is 0 Å². The maximum Gasteiger partial charge on any atom is 0.271 e. The maximum absolute atomic E-state index is 12.3. The third kappa shape index (κ3) is 4.81. The summed E-state index contributed by atoms with van der Waals surface area (Å²) in [6, 6.07) is 9.11. The zero-order chi connectivity index (χ0) is 15.5. The number of hydrogen-bond acceptors (Lipinski definition) is 4. The van der Waals surface area contributed by atoms with Crippen molar-refractivity contribution in [3.8, 4) is 0 Å². The number of nitrogens with one attached hydrogen (secondary N) is 2. The van der Waals surface area contributed by atoms with Gasteiger partial charge in [-0.25, -0.2) is 8.42 Å². The van der Waals surface area contributed by atoms with E-state index in [-0.39, 0.29) is 0 Å². The van der Waals surface area contributed by atoms with Crippen LogP contribution in [0.25, 0.3) is 0 Å². The molecule has 0 aliphatic heterocycles. The summed E-state index contributed by atoms with van der Waals surface area (Å²) in [6.07, 6.45) is 0. The van der Waals surface area contributed by atoms with E-state index < -0.39 is 10.0 Å². The topological polar surface area (TPSA) is 58.2 Å². The molecule has 0 unspecified atom stereocenters. The Hall–Kier alpha value is -0.890. The molecule has 2 aromatic rings. The molecule has 4 nitrogen and oxygen atoms in total. The lowest BCUT2D eigenvalue weighted by atomic mass is 10.3. The van der Waals surface area contributed by atoms with Gasteiger partial charge in [0.1, 0.15) is 4.21 Å². The first-order valence-corrected chi connectivity index (χ1v) is 9.61. The number of thiophene rings is 1. The molecule has 0 spiro atoms. The number of anilines is 1. The minimum atomic E-state index is -3.52. The van der Waals surface area contributed by atoms with Gasteiger partial charge in [-0.3, -0.25) is 4.72 Å². The lowest BCUT2D eigenvalue weighted by Crippen LogP contribution is -2.21. The van der Waals surface area contributed by atoms with Crippen molar-refractivity contribution in [1.29, 1.82) is 0 Å². The molecular formula is C14H17BrN2O2S2. The summed E-state index contributed by atoms with van der Waals surface area (Å²) in [5.41, 5.74) is 1.53. The molecule has 0 bridgehead atoms. The van der Waals surface area contributed by atoms with Crippen molar-refractivity contribution in [3.05, 3.63) is 45.7 Å². The highest BCUT2D eigenvalue weighted by Gasteiger charge is 2.17. The minimum Gasteiger partial charge on any atom is -0.310 e. The molecule has 0 aliphatic rings. The maximum atomic E-state index is 12.3. The molecule has 2 N–H and O–H groups in total. The largest absolute Gasteiger partial charge is 0.310 e. The monoisotopic (exact) mass is 388 g/mol. The third-order valence-electron chi connectivity index (χ3n) is 2.71. The standard InChI is InChI=1S/C14H17BrN2O2S2/c1-10(2)16-8-11-7-14(20-9-11)21(18,19)17-13-5-3-12(15)4-6-13/h3-7,9-10,16-17H,8H2,1-2H3. The van der Waals surface area contributed by atoms with Crippen molar-refractivity contribution in [1.82, 2.24) is 5.32 Å². The molecule has 1 aromatic carbocycles. The van der Waals surface area contributed by atoms with Crippen molar-refractivity contribution < 1.29 is 8.42 Å². The van der Waals surface area contributed by atoms with Crippen molar-refractivity contribution in [3.63, 3.8) is 0 Å². The summed E-state index contributed by atoms with van der Waals surface area (Å²) >= 11 is 4.55. The highest BCUT2D eigenvalue weighted by molar-refractivity contribution is 9.10. The van der Waals surface area contributed by atoms with E-state index in [2.05, 4.69) is 39.8 Å². The molecule has 114 valence electrons. The summed E-state index contributed by atoms with van der Waals surface area (Å²) in [5.74, 6) is 0. The smallest absolute Gasteiger partial charge is 0.271 e. The fraction of sp³-hybridized carbons (Fsp3) is 0.286. The van der Waals surface area contributed by atoms with Crippen LogP contribution in [0.1, 0.15) is 19.4 Å². The number of rotatable bonds is 6. The normalized spacial score (nSPS) is 11.8. The first-order chi connectivity index (χ1) is 9.87. The number of halogens is 1. The highest BCUT2D eigenvalue weighted by atomic mass is 79.9. The van der Waals surface area contributed by atoms with E-state index in [9.17, 15) is 8.42 Å². The van der Waals surface area contributed by atoms with Crippen LogP contribution >= 0.6 is 27.3 Å². The second-order valence-corrected chi connectivity index (χ2v) is 8.66. The predicted molar refractivity (Wildman–Crippen MR) is 91.2 cm³/mol. The molecule has 2 rings (SSSR count). The van der Waals surface area contributed by atoms with Crippen LogP contribution in [0.4, 0.5) is 5.69 Å². The fourth-order valence-electron chi connectivity index (χ4n) is 1.63. The van der Waals surface area contributed by atoms with E-state index >= 15 is 0 Å². The number of hydrogen-bond donors (Lipinski definition) is 2. The van der Waals surface area contributed by atoms with Crippen LogP contribution in [-0.4, -0.2) is 14.5 Å². The zero-order valence-electron chi connectivity index (χ0n) is 11.8. The van der Waals surface area contributed by atoms with Gasteiger partial charge in [0.05, 0.1) is 0 Å². The van der Waals surface area contributed by atoms with Gasteiger partial charge in [-0.05, 0) is 41.3 Å². The van der Waals surface area contributed by atoms with Gasteiger partial charge in [-0.15, -0.1) is 11.3 Å². The van der Waals surface area contributed by atoms with Crippen LogP contribution in [0, 0.1) is 0 Å². The first-order valence-electron chi connectivity index (χ1n) is 6.46. The van der Waals surface area contributed by atoms with Gasteiger partial charge in [-0.2, -0.15) is 0 Å². The first kappa shape index (κ1) is 16.5. The molecule has 0 fully saturated rings. The molecule has 7 heteroatoms. The van der Waals surface area contributed by atoms with Crippen LogP contribution in [0.15, 0.2) is 44.4 Å². The van der Waals surface area contributed by atoms with Crippen molar-refractivity contribution >= 4 is 43.0 Å². The van der Waals surface area contributed by atoms with E-state index in [4.69, 9.17) is 0 Å². The van der Waals surface area contributed by atoms with Gasteiger partial charge >= 0.3 is 0 Å². The highest BCUT2D eigenvalue weighted by Crippen LogP contribution is 2.24. The number of benzene rings is 1. The zero-order valence-corrected chi connectivity index (χ0v) is 15.0. The van der Waals surface area contributed by atoms with E-state index in [0.717, 1.165) is 10.0 Å². The lowest BCUT2D eigenvalue weighted by Gasteiger charge is -2.06. The quantitative estimate of drug-likeness (QED) is 0.790. The lowest BCUT2D eigenvalue weighted by molar-refractivity contribution is 0.589. The summed E-state index contributed by atoms with van der Waals surface area (Å²) in [5, 5.41) is 5.14. The van der Waals surface area contributed by atoms with Gasteiger partial charge < -0.3 is 5.32 Å². The van der Waals surface area contributed by atoms with Crippen molar-refractivity contribution in [2.75, 3.05) is 4.72 Å². The van der Waals surface area contributed by atoms with Gasteiger partial charge in [0.2, 0.25) is 0 Å². The van der Waals surface area contributed by atoms with Gasteiger partial charge in [0.15, 0.2) is 0 Å². The van der Waals surface area contributed by atoms with Crippen molar-refractivity contribution in [2.45, 2.75) is 30.6 Å². The van der Waals surface area contributed by atoms with Crippen LogP contribution in [-0.2, 0) is 16.6 Å². The van der Waals surface area contributed by atoms with E-state index in [1.807, 2.05) is 5.38 Å². The van der Waals surface area contributed by atoms with Crippen LogP contribution in [0.3, 0.4) is 0 Å². The fourth-order valence-corrected chi connectivity index (χ4v) is 4.16. The average molecular weight is 389 g/mol.